The predicted octanol–water partition coefficient (Wildman–Crippen LogP) is 4.84. The summed E-state index contributed by atoms with van der Waals surface area (Å²) in [6.07, 6.45) is -12.6. The summed E-state index contributed by atoms with van der Waals surface area (Å²) in [5, 5.41) is 9.48. The highest BCUT2D eigenvalue weighted by Gasteiger charge is 2.34. The first-order valence-electron chi connectivity index (χ1n) is 5.12. The summed E-state index contributed by atoms with van der Waals surface area (Å²) in [4.78, 5) is 0. The zero-order valence-corrected chi connectivity index (χ0v) is 10.9. The lowest BCUT2D eigenvalue weighted by molar-refractivity contribution is -0.141. The van der Waals surface area contributed by atoms with Crippen LogP contribution >= 0.6 is 15.9 Å². The van der Waals surface area contributed by atoms with Crippen molar-refractivity contribution in [2.45, 2.75) is 31.3 Å². The SMILES string of the molecule is OC(CCC(F)(F)F)c1ccc(Br)c(C(F)(F)F)c1. The molecule has 8 heteroatoms. The Morgan fingerprint density at radius 1 is 1.11 bits per heavy atom. The fourth-order valence-corrected chi connectivity index (χ4v) is 1.91. The van der Waals surface area contributed by atoms with E-state index in [1.807, 2.05) is 0 Å². The highest BCUT2D eigenvalue weighted by atomic mass is 79.9. The van der Waals surface area contributed by atoms with Gasteiger partial charge in [-0.15, -0.1) is 0 Å². The lowest BCUT2D eigenvalue weighted by atomic mass is 10.0. The zero-order chi connectivity index (χ0) is 14.8. The van der Waals surface area contributed by atoms with Crippen molar-refractivity contribution in [2.24, 2.45) is 0 Å². The van der Waals surface area contributed by atoms with Crippen molar-refractivity contribution in [3.8, 4) is 0 Å². The molecule has 0 spiro atoms. The van der Waals surface area contributed by atoms with Gasteiger partial charge in [0.2, 0.25) is 0 Å². The molecule has 1 N–H and O–H groups in total. The van der Waals surface area contributed by atoms with E-state index in [1.54, 1.807) is 0 Å². The average Bonchev–Trinajstić information content (AvgIpc) is 2.24. The molecular formula is C11H9BrF6O. The summed E-state index contributed by atoms with van der Waals surface area (Å²) in [6.45, 7) is 0. The van der Waals surface area contributed by atoms with E-state index in [9.17, 15) is 31.4 Å². The van der Waals surface area contributed by atoms with Crippen LogP contribution in [0.2, 0.25) is 0 Å². The van der Waals surface area contributed by atoms with E-state index in [2.05, 4.69) is 15.9 Å². The molecule has 1 unspecified atom stereocenters. The molecule has 0 saturated carbocycles. The van der Waals surface area contributed by atoms with Gasteiger partial charge >= 0.3 is 12.4 Å². The van der Waals surface area contributed by atoms with E-state index < -0.39 is 36.9 Å². The van der Waals surface area contributed by atoms with Gasteiger partial charge in [0.15, 0.2) is 0 Å². The highest BCUT2D eigenvalue weighted by Crippen LogP contribution is 2.37. The Labute approximate surface area is 113 Å². The van der Waals surface area contributed by atoms with Crippen LogP contribution in [0.25, 0.3) is 0 Å². The molecule has 0 aromatic heterocycles. The summed E-state index contributed by atoms with van der Waals surface area (Å²) in [6, 6.07) is 2.85. The number of halogens is 7. The quantitative estimate of drug-likeness (QED) is 0.773. The maximum Gasteiger partial charge on any atom is 0.417 e. The third-order valence-corrected chi connectivity index (χ3v) is 3.07. The van der Waals surface area contributed by atoms with Crippen molar-refractivity contribution in [3.63, 3.8) is 0 Å². The first-order chi connectivity index (χ1) is 8.50. The summed E-state index contributed by atoms with van der Waals surface area (Å²) in [5.74, 6) is 0. The van der Waals surface area contributed by atoms with Gasteiger partial charge in [-0.25, -0.2) is 0 Å². The summed E-state index contributed by atoms with van der Waals surface area (Å²) in [7, 11) is 0. The average molecular weight is 351 g/mol. The second kappa shape index (κ2) is 5.70. The Morgan fingerprint density at radius 2 is 1.68 bits per heavy atom. The highest BCUT2D eigenvalue weighted by molar-refractivity contribution is 9.10. The topological polar surface area (TPSA) is 20.2 Å². The van der Waals surface area contributed by atoms with Crippen LogP contribution < -0.4 is 0 Å². The minimum absolute atomic E-state index is 0.195. The largest absolute Gasteiger partial charge is 0.417 e. The Kier molecular flexibility index (Phi) is 4.89. The molecule has 0 amide bonds. The van der Waals surface area contributed by atoms with E-state index >= 15 is 0 Å². The molecule has 1 aromatic rings. The maximum atomic E-state index is 12.6. The van der Waals surface area contributed by atoms with Crippen LogP contribution in [0, 0.1) is 0 Å². The Balaban J connectivity index is 2.90. The lowest BCUT2D eigenvalue weighted by Gasteiger charge is -2.15. The van der Waals surface area contributed by atoms with Crippen molar-refractivity contribution in [3.05, 3.63) is 33.8 Å². The number of hydrogen-bond acceptors (Lipinski definition) is 1. The van der Waals surface area contributed by atoms with Crippen LogP contribution in [0.15, 0.2) is 22.7 Å². The molecule has 1 atom stereocenters. The Hall–Kier alpha value is -0.760. The summed E-state index contributed by atoms with van der Waals surface area (Å²) >= 11 is 2.70. The van der Waals surface area contributed by atoms with Crippen molar-refractivity contribution in [2.75, 3.05) is 0 Å². The molecule has 1 aromatic carbocycles. The second-order valence-corrected chi connectivity index (χ2v) is 4.76. The smallest absolute Gasteiger partial charge is 0.388 e. The van der Waals surface area contributed by atoms with Crippen molar-refractivity contribution in [1.82, 2.24) is 0 Å². The summed E-state index contributed by atoms with van der Waals surface area (Å²) in [5.41, 5.74) is -1.23. The van der Waals surface area contributed by atoms with Gasteiger partial charge < -0.3 is 5.11 Å². The van der Waals surface area contributed by atoms with Gasteiger partial charge in [-0.1, -0.05) is 22.0 Å². The molecule has 1 rings (SSSR count). The molecule has 0 bridgehead atoms. The molecule has 0 aliphatic carbocycles. The minimum Gasteiger partial charge on any atom is -0.388 e. The second-order valence-electron chi connectivity index (χ2n) is 3.91. The van der Waals surface area contributed by atoms with Crippen molar-refractivity contribution in [1.29, 1.82) is 0 Å². The van der Waals surface area contributed by atoms with Crippen LogP contribution in [-0.4, -0.2) is 11.3 Å². The van der Waals surface area contributed by atoms with Gasteiger partial charge in [0, 0.05) is 10.9 Å². The van der Waals surface area contributed by atoms with Crippen LogP contribution in [0.5, 0.6) is 0 Å². The fraction of sp³-hybridized carbons (Fsp3) is 0.455. The van der Waals surface area contributed by atoms with Crippen molar-refractivity contribution >= 4 is 15.9 Å². The van der Waals surface area contributed by atoms with Gasteiger partial charge in [-0.2, -0.15) is 26.3 Å². The molecule has 0 saturated heterocycles. The first kappa shape index (κ1) is 16.3. The zero-order valence-electron chi connectivity index (χ0n) is 9.32. The number of aliphatic hydroxyl groups is 1. The standard InChI is InChI=1S/C11H9BrF6O/c12-8-2-1-6(5-7(8)11(16,17)18)9(19)3-4-10(13,14)15/h1-2,5,9,19H,3-4H2. The van der Waals surface area contributed by atoms with Crippen LogP contribution in [0.3, 0.4) is 0 Å². The first-order valence-corrected chi connectivity index (χ1v) is 5.91. The third-order valence-electron chi connectivity index (χ3n) is 2.38. The van der Waals surface area contributed by atoms with Crippen LogP contribution in [0.1, 0.15) is 30.1 Å². The number of aliphatic hydroxyl groups excluding tert-OH is 1. The lowest BCUT2D eigenvalue weighted by Crippen LogP contribution is -2.11. The van der Waals surface area contributed by atoms with Crippen molar-refractivity contribution < 1.29 is 31.4 Å². The molecule has 19 heavy (non-hydrogen) atoms. The fourth-order valence-electron chi connectivity index (χ4n) is 1.43. The van der Waals surface area contributed by atoms with Gasteiger partial charge in [-0.05, 0) is 24.1 Å². The van der Waals surface area contributed by atoms with Gasteiger partial charge in [0.05, 0.1) is 11.7 Å². The third kappa shape index (κ3) is 5.02. The van der Waals surface area contributed by atoms with Crippen LogP contribution in [0.4, 0.5) is 26.3 Å². The number of hydrogen-bond donors (Lipinski definition) is 1. The van der Waals surface area contributed by atoms with Gasteiger partial charge in [-0.3, -0.25) is 0 Å². The van der Waals surface area contributed by atoms with Crippen LogP contribution in [-0.2, 0) is 6.18 Å². The normalized spacial score (nSPS) is 14.5. The minimum atomic E-state index is -4.64. The molecule has 0 aliphatic rings. The van der Waals surface area contributed by atoms with E-state index in [0.717, 1.165) is 12.1 Å². The monoisotopic (exact) mass is 350 g/mol. The molecular weight excluding hydrogens is 342 g/mol. The molecule has 0 radical (unpaired) electrons. The molecule has 0 aliphatic heterocycles. The molecule has 0 heterocycles. The molecule has 0 fully saturated rings. The van der Waals surface area contributed by atoms with E-state index in [1.165, 1.54) is 0 Å². The van der Waals surface area contributed by atoms with Gasteiger partial charge in [0.1, 0.15) is 0 Å². The molecule has 1 nitrogen and oxygen atoms in total. The van der Waals surface area contributed by atoms with Gasteiger partial charge in [0.25, 0.3) is 0 Å². The van der Waals surface area contributed by atoms with E-state index in [-0.39, 0.29) is 10.0 Å². The number of benzene rings is 1. The Morgan fingerprint density at radius 3 is 2.16 bits per heavy atom. The number of rotatable bonds is 3. The maximum absolute atomic E-state index is 12.6. The number of alkyl halides is 6. The summed E-state index contributed by atoms with van der Waals surface area (Å²) < 4.78 is 73.4. The molecule has 108 valence electrons. The van der Waals surface area contributed by atoms with E-state index in [0.29, 0.717) is 6.07 Å². The Bertz CT molecular complexity index is 440. The van der Waals surface area contributed by atoms with E-state index in [4.69, 9.17) is 0 Å². The predicted molar refractivity (Wildman–Crippen MR) is 59.4 cm³/mol.